The van der Waals surface area contributed by atoms with Crippen LogP contribution in [0.5, 0.6) is 0 Å². The van der Waals surface area contributed by atoms with Gasteiger partial charge >= 0.3 is 24.3 Å². The van der Waals surface area contributed by atoms with E-state index in [9.17, 15) is 27.6 Å². The molecule has 222 valence electrons. The van der Waals surface area contributed by atoms with E-state index in [1.807, 2.05) is 0 Å². The summed E-state index contributed by atoms with van der Waals surface area (Å²) in [5, 5.41) is 5.82. The second-order valence-electron chi connectivity index (χ2n) is 10.7. The highest BCUT2D eigenvalue weighted by molar-refractivity contribution is 6.30. The number of urea groups is 1. The second kappa shape index (κ2) is 12.3. The van der Waals surface area contributed by atoms with Crippen LogP contribution in [0.4, 0.5) is 28.4 Å². The number of ether oxygens (including phenoxy) is 2. The Morgan fingerprint density at radius 2 is 1.60 bits per heavy atom. The number of nitrogens with zero attached hydrogens (tertiary/aromatic N) is 1. The lowest BCUT2D eigenvalue weighted by atomic mass is 10.0. The summed E-state index contributed by atoms with van der Waals surface area (Å²) in [5.74, 6) is -0.733. The van der Waals surface area contributed by atoms with Crippen LogP contribution in [0.2, 0.25) is 5.02 Å². The maximum absolute atomic E-state index is 13.1. The third kappa shape index (κ3) is 8.16. The molecule has 2 N–H and O–H groups in total. The predicted molar refractivity (Wildman–Crippen MR) is 151 cm³/mol. The molecule has 2 atom stereocenters. The van der Waals surface area contributed by atoms with Crippen molar-refractivity contribution in [2.24, 2.45) is 0 Å². The summed E-state index contributed by atoms with van der Waals surface area (Å²) in [5.41, 5.74) is -0.146. The Morgan fingerprint density at radius 3 is 2.24 bits per heavy atom. The molecule has 42 heavy (non-hydrogen) atoms. The predicted octanol–water partition coefficient (Wildman–Crippen LogP) is 6.99. The molecule has 1 fully saturated rings. The highest BCUT2D eigenvalue weighted by Crippen LogP contribution is 2.32. The van der Waals surface area contributed by atoms with Crippen LogP contribution in [0, 0.1) is 0 Å². The minimum absolute atomic E-state index is 0.0182. The Hall–Kier alpha value is -4.25. The lowest BCUT2D eigenvalue weighted by molar-refractivity contribution is -0.137. The number of carbonyl (C=O) groups excluding carboxylic acids is 3. The summed E-state index contributed by atoms with van der Waals surface area (Å²) in [7, 11) is 0. The van der Waals surface area contributed by atoms with E-state index in [0.29, 0.717) is 21.8 Å². The third-order valence-electron chi connectivity index (χ3n) is 6.22. The number of esters is 1. The fourth-order valence-electron chi connectivity index (χ4n) is 4.29. The molecule has 0 radical (unpaired) electrons. The van der Waals surface area contributed by atoms with Crippen LogP contribution in [0.15, 0.2) is 72.8 Å². The van der Waals surface area contributed by atoms with Crippen molar-refractivity contribution in [3.8, 4) is 11.1 Å². The van der Waals surface area contributed by atoms with E-state index in [2.05, 4.69) is 10.6 Å². The largest absolute Gasteiger partial charge is 0.455 e. The van der Waals surface area contributed by atoms with Gasteiger partial charge in [-0.05, 0) is 74.4 Å². The molecule has 1 aliphatic rings. The van der Waals surface area contributed by atoms with E-state index in [4.69, 9.17) is 21.1 Å². The molecule has 0 spiro atoms. The molecule has 0 saturated carbocycles. The van der Waals surface area contributed by atoms with Crippen LogP contribution in [0.1, 0.15) is 36.7 Å². The maximum atomic E-state index is 13.1. The monoisotopic (exact) mass is 603 g/mol. The molecular formula is C30H29ClF3N3O5. The van der Waals surface area contributed by atoms with Crippen LogP contribution in [-0.4, -0.2) is 53.8 Å². The summed E-state index contributed by atoms with van der Waals surface area (Å²) in [6.45, 7) is 5.14. The van der Waals surface area contributed by atoms with E-state index in [1.54, 1.807) is 45.0 Å². The molecular weight excluding hydrogens is 575 g/mol. The molecule has 3 amide bonds. The van der Waals surface area contributed by atoms with Crippen molar-refractivity contribution in [1.82, 2.24) is 10.2 Å². The Kier molecular flexibility index (Phi) is 9.00. The Bertz CT molecular complexity index is 1460. The van der Waals surface area contributed by atoms with E-state index >= 15 is 0 Å². The average molecular weight is 604 g/mol. The number of benzene rings is 3. The Balaban J connectivity index is 1.47. The van der Waals surface area contributed by atoms with Gasteiger partial charge in [-0.3, -0.25) is 0 Å². The smallest absolute Gasteiger partial charge is 0.416 e. The van der Waals surface area contributed by atoms with Gasteiger partial charge in [-0.15, -0.1) is 0 Å². The molecule has 1 saturated heterocycles. The number of halogens is 4. The minimum atomic E-state index is -4.48. The fourth-order valence-corrected chi connectivity index (χ4v) is 4.48. The first-order chi connectivity index (χ1) is 19.7. The highest BCUT2D eigenvalue weighted by atomic mass is 35.5. The van der Waals surface area contributed by atoms with Gasteiger partial charge < -0.3 is 25.0 Å². The number of likely N-dealkylation sites (tertiary alicyclic amines) is 1. The van der Waals surface area contributed by atoms with Gasteiger partial charge in [-0.1, -0.05) is 41.9 Å². The number of hydrogen-bond donors (Lipinski definition) is 2. The van der Waals surface area contributed by atoms with Crippen molar-refractivity contribution in [1.29, 1.82) is 0 Å². The van der Waals surface area contributed by atoms with Crippen molar-refractivity contribution in [2.45, 2.75) is 44.7 Å². The van der Waals surface area contributed by atoms with Gasteiger partial charge in [0.15, 0.2) is 0 Å². The molecule has 3 aromatic rings. The van der Waals surface area contributed by atoms with Gasteiger partial charge in [0.2, 0.25) is 0 Å². The van der Waals surface area contributed by atoms with Gasteiger partial charge in [-0.2, -0.15) is 13.2 Å². The van der Waals surface area contributed by atoms with Crippen molar-refractivity contribution in [2.75, 3.05) is 18.4 Å². The zero-order chi connectivity index (χ0) is 30.7. The lowest BCUT2D eigenvalue weighted by Crippen LogP contribution is -2.46. The third-order valence-corrected chi connectivity index (χ3v) is 6.45. The van der Waals surface area contributed by atoms with Crippen LogP contribution >= 0.6 is 11.6 Å². The average Bonchev–Trinajstić information content (AvgIpc) is 3.29. The molecule has 1 aliphatic heterocycles. The zero-order valence-electron chi connectivity index (χ0n) is 23.0. The van der Waals surface area contributed by atoms with Crippen LogP contribution in [0.3, 0.4) is 0 Å². The molecule has 0 aliphatic carbocycles. The quantitative estimate of drug-likeness (QED) is 0.306. The molecule has 8 nitrogen and oxygen atoms in total. The molecule has 12 heteroatoms. The summed E-state index contributed by atoms with van der Waals surface area (Å²) in [6.07, 6.45) is -6.03. The van der Waals surface area contributed by atoms with Gasteiger partial charge in [0.1, 0.15) is 11.7 Å². The van der Waals surface area contributed by atoms with E-state index in [1.165, 1.54) is 41.3 Å². The Labute approximate surface area is 245 Å². The van der Waals surface area contributed by atoms with Crippen LogP contribution in [0.25, 0.3) is 11.1 Å². The summed E-state index contributed by atoms with van der Waals surface area (Å²) in [4.78, 5) is 39.9. The topological polar surface area (TPSA) is 97.0 Å². The van der Waals surface area contributed by atoms with E-state index in [-0.39, 0.29) is 18.7 Å². The van der Waals surface area contributed by atoms with Gasteiger partial charge in [-0.25, -0.2) is 14.4 Å². The zero-order valence-corrected chi connectivity index (χ0v) is 23.8. The molecule has 4 rings (SSSR count). The first kappa shape index (κ1) is 30.7. The number of hydrogen-bond acceptors (Lipinski definition) is 5. The molecule has 3 aromatic carbocycles. The number of rotatable bonds is 5. The molecule has 0 aromatic heterocycles. The van der Waals surface area contributed by atoms with Crippen molar-refractivity contribution < 1.29 is 37.0 Å². The van der Waals surface area contributed by atoms with Gasteiger partial charge in [0.25, 0.3) is 0 Å². The first-order valence-corrected chi connectivity index (χ1v) is 13.4. The number of amides is 3. The van der Waals surface area contributed by atoms with E-state index in [0.717, 1.165) is 12.1 Å². The number of nitrogens with one attached hydrogen (secondary N) is 2. The number of carbonyl (C=O) groups is 3. The van der Waals surface area contributed by atoms with Gasteiger partial charge in [0.05, 0.1) is 23.7 Å². The van der Waals surface area contributed by atoms with Crippen molar-refractivity contribution in [3.05, 3.63) is 88.9 Å². The fraction of sp³-hybridized carbons (Fsp3) is 0.300. The number of anilines is 1. The molecule has 0 bridgehead atoms. The lowest BCUT2D eigenvalue weighted by Gasteiger charge is -2.24. The van der Waals surface area contributed by atoms with Gasteiger partial charge in [0, 0.05) is 17.3 Å². The van der Waals surface area contributed by atoms with Crippen molar-refractivity contribution in [3.63, 3.8) is 0 Å². The summed E-state index contributed by atoms with van der Waals surface area (Å²) >= 11 is 5.98. The minimum Gasteiger partial charge on any atom is -0.455 e. The normalized spacial score (nSPS) is 17.0. The highest BCUT2D eigenvalue weighted by Gasteiger charge is 2.40. The maximum Gasteiger partial charge on any atom is 0.416 e. The molecule has 0 unspecified atom stereocenters. The second-order valence-corrected chi connectivity index (χ2v) is 11.1. The summed E-state index contributed by atoms with van der Waals surface area (Å²) in [6, 6.07) is 15.9. The van der Waals surface area contributed by atoms with E-state index < -0.39 is 47.6 Å². The Morgan fingerprint density at radius 1 is 0.905 bits per heavy atom. The molecule has 1 heterocycles. The standard InChI is InChI=1S/C30H29ClF3N3O5/c1-29(2,3)42-28(40)37-16-24(36-27(39)35-23-9-5-8-22(31)15-23)25(17-37)41-26(38)19-12-10-18(11-13-19)20-6-4-7-21(14-20)30(32,33)34/h4-15,24-25H,16-17H2,1-3H3,(H2,35,36,39)/t24-,25-/m0/s1. The SMILES string of the molecule is CC(C)(C)OC(=O)N1C[C@H](NC(=O)Nc2cccc(Cl)c2)[C@@H](OC(=O)c2ccc(-c3cccc(C(F)(F)F)c3)cc2)C1. The van der Waals surface area contributed by atoms with Crippen molar-refractivity contribution >= 4 is 35.4 Å². The summed E-state index contributed by atoms with van der Waals surface area (Å²) < 4.78 is 50.5. The first-order valence-electron chi connectivity index (χ1n) is 13.0. The number of alkyl halides is 3. The van der Waals surface area contributed by atoms with Crippen LogP contribution < -0.4 is 10.6 Å². The van der Waals surface area contributed by atoms with Crippen LogP contribution in [-0.2, 0) is 15.7 Å².